The zero-order chi connectivity index (χ0) is 18.6. The minimum absolute atomic E-state index is 0.0251. The zero-order valence-corrected chi connectivity index (χ0v) is 15.8. The molecule has 0 aromatic heterocycles. The molecule has 27 heavy (non-hydrogen) atoms. The first kappa shape index (κ1) is 18.6. The second-order valence-corrected chi connectivity index (χ2v) is 8.11. The molecule has 3 atom stereocenters. The van der Waals surface area contributed by atoms with Crippen LogP contribution in [-0.2, 0) is 25.7 Å². The molecule has 0 bridgehead atoms. The van der Waals surface area contributed by atoms with Crippen LogP contribution < -0.4 is 0 Å². The summed E-state index contributed by atoms with van der Waals surface area (Å²) in [4.78, 5) is 27.3. The number of fused-ring (bicyclic) bond motifs is 1. The Morgan fingerprint density at radius 1 is 1.15 bits per heavy atom. The van der Waals surface area contributed by atoms with Gasteiger partial charge in [0.2, 0.25) is 0 Å². The highest BCUT2D eigenvalue weighted by Crippen LogP contribution is 2.32. The predicted octanol–water partition coefficient (Wildman–Crippen LogP) is 3.11. The quantitative estimate of drug-likeness (QED) is 0.771. The van der Waals surface area contributed by atoms with E-state index in [4.69, 9.17) is 9.47 Å². The lowest BCUT2D eigenvalue weighted by atomic mass is 9.85. The van der Waals surface area contributed by atoms with E-state index in [1.165, 1.54) is 32.1 Å². The number of nitrogens with zero attached hydrogens (tertiary/aromatic N) is 1. The normalized spacial score (nSPS) is 27.0. The summed E-state index contributed by atoms with van der Waals surface area (Å²) in [7, 11) is 0. The van der Waals surface area contributed by atoms with Crippen molar-refractivity contribution in [1.82, 2.24) is 4.90 Å². The van der Waals surface area contributed by atoms with Crippen molar-refractivity contribution in [2.75, 3.05) is 13.2 Å². The number of ether oxygens (including phenoxy) is 2. The predicted molar refractivity (Wildman–Crippen MR) is 101 cm³/mol. The second kappa shape index (κ2) is 8.53. The monoisotopic (exact) mass is 371 g/mol. The highest BCUT2D eigenvalue weighted by Gasteiger charge is 2.48. The van der Waals surface area contributed by atoms with Gasteiger partial charge in [-0.3, -0.25) is 9.59 Å². The van der Waals surface area contributed by atoms with Gasteiger partial charge in [-0.05, 0) is 24.3 Å². The largest absolute Gasteiger partial charge is 0.368 e. The summed E-state index contributed by atoms with van der Waals surface area (Å²) in [6.07, 6.45) is 7.04. The average molecular weight is 371 g/mol. The molecule has 146 valence electrons. The van der Waals surface area contributed by atoms with E-state index in [0.717, 1.165) is 18.4 Å². The van der Waals surface area contributed by atoms with Crippen LogP contribution in [0.25, 0.3) is 0 Å². The van der Waals surface area contributed by atoms with Crippen LogP contribution in [0.5, 0.6) is 0 Å². The van der Waals surface area contributed by atoms with E-state index < -0.39 is 12.1 Å². The lowest BCUT2D eigenvalue weighted by Gasteiger charge is -2.30. The van der Waals surface area contributed by atoms with Crippen molar-refractivity contribution in [2.24, 2.45) is 5.92 Å². The number of rotatable bonds is 6. The number of ketones is 1. The first-order valence-corrected chi connectivity index (χ1v) is 10.3. The Labute approximate surface area is 161 Å². The fourth-order valence-electron chi connectivity index (χ4n) is 4.76. The van der Waals surface area contributed by atoms with E-state index in [2.05, 4.69) is 0 Å². The lowest BCUT2D eigenvalue weighted by Crippen LogP contribution is -2.47. The van der Waals surface area contributed by atoms with Crippen molar-refractivity contribution in [2.45, 2.75) is 69.8 Å². The maximum Gasteiger partial charge on any atom is 0.252 e. The molecule has 2 heterocycles. The van der Waals surface area contributed by atoms with Crippen molar-refractivity contribution in [1.29, 1.82) is 0 Å². The number of likely N-dealkylation sites (tertiary alicyclic amines) is 1. The molecule has 1 aromatic carbocycles. The topological polar surface area (TPSA) is 55.8 Å². The number of carbonyl (C=O) groups is 2. The van der Waals surface area contributed by atoms with Gasteiger partial charge in [0.25, 0.3) is 5.91 Å². The molecule has 4 rings (SSSR count). The summed E-state index contributed by atoms with van der Waals surface area (Å²) in [5.74, 6) is 0.547. The molecule has 0 radical (unpaired) electrons. The van der Waals surface area contributed by atoms with E-state index in [0.29, 0.717) is 19.1 Å². The summed E-state index contributed by atoms with van der Waals surface area (Å²) < 4.78 is 11.7. The highest BCUT2D eigenvalue weighted by molar-refractivity contribution is 5.93. The number of hydrogen-bond acceptors (Lipinski definition) is 4. The van der Waals surface area contributed by atoms with Crippen LogP contribution in [0.3, 0.4) is 0 Å². The number of Topliss-reactive ketones (excluding diaryl/α,β-unsaturated/α-hetero) is 1. The Hall–Kier alpha value is -1.72. The molecule has 0 N–H and O–H groups in total. The van der Waals surface area contributed by atoms with Gasteiger partial charge in [0.05, 0.1) is 12.7 Å². The third kappa shape index (κ3) is 4.25. The summed E-state index contributed by atoms with van der Waals surface area (Å²) in [6, 6.07) is 9.58. The molecule has 5 nitrogen and oxygen atoms in total. The van der Waals surface area contributed by atoms with E-state index >= 15 is 0 Å². The molecular weight excluding hydrogens is 342 g/mol. The molecule has 2 saturated heterocycles. The SMILES string of the molecule is O=C1COC2CCN(C(=O)C(CC3CCCCC3)OCc3ccccc3)C12. The standard InChI is InChI=1S/C22H29NO4/c24-18-15-27-19-11-12-23(21(18)19)22(25)20(13-16-7-3-1-4-8-16)26-14-17-9-5-2-6-10-17/h2,5-6,9-10,16,19-21H,1,3-4,7-8,11-15H2. The number of amides is 1. The van der Waals surface area contributed by atoms with Gasteiger partial charge in [-0.15, -0.1) is 0 Å². The first-order chi connectivity index (χ1) is 13.2. The highest BCUT2D eigenvalue weighted by atomic mass is 16.5. The number of benzene rings is 1. The second-order valence-electron chi connectivity index (χ2n) is 8.11. The van der Waals surface area contributed by atoms with E-state index in [-0.39, 0.29) is 24.4 Å². The van der Waals surface area contributed by atoms with Gasteiger partial charge in [-0.1, -0.05) is 62.4 Å². The van der Waals surface area contributed by atoms with Crippen molar-refractivity contribution < 1.29 is 19.1 Å². The van der Waals surface area contributed by atoms with E-state index in [1.807, 2.05) is 30.3 Å². The molecule has 3 unspecified atom stereocenters. The average Bonchev–Trinajstić information content (AvgIpc) is 3.29. The van der Waals surface area contributed by atoms with Crippen LogP contribution in [0, 0.1) is 5.92 Å². The summed E-state index contributed by atoms with van der Waals surface area (Å²) >= 11 is 0. The third-order valence-electron chi connectivity index (χ3n) is 6.24. The van der Waals surface area contributed by atoms with Crippen LogP contribution >= 0.6 is 0 Å². The molecular formula is C22H29NO4. The van der Waals surface area contributed by atoms with Crippen LogP contribution in [-0.4, -0.2) is 48.0 Å². The van der Waals surface area contributed by atoms with Gasteiger partial charge < -0.3 is 14.4 Å². The molecule has 1 aromatic rings. The molecule has 1 saturated carbocycles. The Morgan fingerprint density at radius 2 is 1.93 bits per heavy atom. The molecule has 0 spiro atoms. The van der Waals surface area contributed by atoms with Crippen molar-refractivity contribution >= 4 is 11.7 Å². The molecule has 1 amide bonds. The van der Waals surface area contributed by atoms with Gasteiger partial charge in [-0.2, -0.15) is 0 Å². The number of carbonyl (C=O) groups excluding carboxylic acids is 2. The molecule has 2 aliphatic heterocycles. The van der Waals surface area contributed by atoms with Gasteiger partial charge in [-0.25, -0.2) is 0 Å². The Bertz CT molecular complexity index is 656. The van der Waals surface area contributed by atoms with Gasteiger partial charge in [0.15, 0.2) is 5.78 Å². The number of hydrogen-bond donors (Lipinski definition) is 0. The Balaban J connectivity index is 1.45. The fourth-order valence-corrected chi connectivity index (χ4v) is 4.76. The van der Waals surface area contributed by atoms with Crippen LogP contribution in [0.1, 0.15) is 50.5 Å². The van der Waals surface area contributed by atoms with Crippen LogP contribution in [0.15, 0.2) is 30.3 Å². The summed E-state index contributed by atoms with van der Waals surface area (Å²) in [5, 5.41) is 0. The Kier molecular flexibility index (Phi) is 5.89. The zero-order valence-electron chi connectivity index (χ0n) is 15.8. The molecule has 3 aliphatic rings. The van der Waals surface area contributed by atoms with Gasteiger partial charge >= 0.3 is 0 Å². The molecule has 1 aliphatic carbocycles. The minimum Gasteiger partial charge on any atom is -0.368 e. The smallest absolute Gasteiger partial charge is 0.252 e. The lowest BCUT2D eigenvalue weighted by molar-refractivity contribution is -0.149. The third-order valence-corrected chi connectivity index (χ3v) is 6.24. The fraction of sp³-hybridized carbons (Fsp3) is 0.636. The minimum atomic E-state index is -0.472. The summed E-state index contributed by atoms with van der Waals surface area (Å²) in [6.45, 7) is 1.16. The van der Waals surface area contributed by atoms with Crippen molar-refractivity contribution in [3.05, 3.63) is 35.9 Å². The Morgan fingerprint density at radius 3 is 2.70 bits per heavy atom. The van der Waals surface area contributed by atoms with Crippen molar-refractivity contribution in [3.63, 3.8) is 0 Å². The molecule has 3 fully saturated rings. The van der Waals surface area contributed by atoms with Gasteiger partial charge in [0.1, 0.15) is 18.8 Å². The molecule has 5 heteroatoms. The van der Waals surface area contributed by atoms with Crippen LogP contribution in [0.2, 0.25) is 0 Å². The van der Waals surface area contributed by atoms with E-state index in [9.17, 15) is 9.59 Å². The van der Waals surface area contributed by atoms with Crippen molar-refractivity contribution in [3.8, 4) is 0 Å². The first-order valence-electron chi connectivity index (χ1n) is 10.3. The van der Waals surface area contributed by atoms with Crippen LogP contribution in [0.4, 0.5) is 0 Å². The maximum absolute atomic E-state index is 13.3. The van der Waals surface area contributed by atoms with Gasteiger partial charge in [0, 0.05) is 6.54 Å². The van der Waals surface area contributed by atoms with E-state index in [1.54, 1.807) is 4.90 Å². The summed E-state index contributed by atoms with van der Waals surface area (Å²) in [5.41, 5.74) is 1.07. The maximum atomic E-state index is 13.3.